The molecule has 0 aliphatic heterocycles. The van der Waals surface area contributed by atoms with Crippen LogP contribution in [0.5, 0.6) is 11.5 Å². The van der Waals surface area contributed by atoms with Crippen molar-refractivity contribution >= 4 is 51.8 Å². The molecule has 162 valence electrons. The summed E-state index contributed by atoms with van der Waals surface area (Å²) in [5, 5.41) is 5.45. The SMILES string of the molecule is CCc1nc(N)sc1C(=O)NN=Cc1cccc(OC)c1OCc1ccc(Cl)cc1Cl. The van der Waals surface area contributed by atoms with Crippen molar-refractivity contribution in [1.29, 1.82) is 0 Å². The molecular weight excluding hydrogens is 459 g/mol. The van der Waals surface area contributed by atoms with E-state index in [1.165, 1.54) is 6.21 Å². The molecule has 2 aromatic carbocycles. The molecule has 0 saturated carbocycles. The maximum Gasteiger partial charge on any atom is 0.283 e. The summed E-state index contributed by atoms with van der Waals surface area (Å²) in [6.45, 7) is 2.10. The third-order valence-corrected chi connectivity index (χ3v) is 5.75. The van der Waals surface area contributed by atoms with Crippen LogP contribution in [0.2, 0.25) is 10.0 Å². The van der Waals surface area contributed by atoms with Crippen LogP contribution in [0.25, 0.3) is 0 Å². The molecule has 3 rings (SSSR count). The number of anilines is 1. The highest BCUT2D eigenvalue weighted by Gasteiger charge is 2.16. The van der Waals surface area contributed by atoms with Gasteiger partial charge in [0.1, 0.15) is 11.5 Å². The van der Waals surface area contributed by atoms with Gasteiger partial charge < -0.3 is 15.2 Å². The Kier molecular flexibility index (Phi) is 7.73. The number of hydrogen-bond acceptors (Lipinski definition) is 7. The molecule has 0 aliphatic carbocycles. The molecule has 0 bridgehead atoms. The Morgan fingerprint density at radius 3 is 2.84 bits per heavy atom. The fourth-order valence-corrected chi connectivity index (χ4v) is 4.01. The van der Waals surface area contributed by atoms with Crippen LogP contribution in [0.1, 0.15) is 33.4 Å². The molecule has 10 heteroatoms. The number of nitrogens with one attached hydrogen (secondary N) is 1. The molecule has 3 N–H and O–H groups in total. The fraction of sp³-hybridized carbons (Fsp3) is 0.190. The lowest BCUT2D eigenvalue weighted by molar-refractivity contribution is 0.0958. The molecule has 0 saturated heterocycles. The molecule has 3 aromatic rings. The van der Waals surface area contributed by atoms with Crippen LogP contribution >= 0.6 is 34.5 Å². The third kappa shape index (κ3) is 5.66. The number of halogens is 2. The van der Waals surface area contributed by atoms with E-state index < -0.39 is 0 Å². The van der Waals surface area contributed by atoms with Gasteiger partial charge in [0.15, 0.2) is 16.6 Å². The number of amides is 1. The van der Waals surface area contributed by atoms with Crippen LogP contribution in [0, 0.1) is 0 Å². The van der Waals surface area contributed by atoms with Gasteiger partial charge in [-0.25, -0.2) is 10.4 Å². The Morgan fingerprint density at radius 2 is 2.13 bits per heavy atom. The van der Waals surface area contributed by atoms with Gasteiger partial charge in [-0.05, 0) is 30.7 Å². The van der Waals surface area contributed by atoms with E-state index in [0.717, 1.165) is 16.9 Å². The number of rotatable bonds is 8. The summed E-state index contributed by atoms with van der Waals surface area (Å²) >= 11 is 13.3. The lowest BCUT2D eigenvalue weighted by Gasteiger charge is -2.14. The van der Waals surface area contributed by atoms with E-state index in [0.29, 0.717) is 49.2 Å². The number of aryl methyl sites for hydroxylation is 1. The van der Waals surface area contributed by atoms with Gasteiger partial charge >= 0.3 is 0 Å². The van der Waals surface area contributed by atoms with E-state index in [1.807, 2.05) is 6.92 Å². The first-order valence-electron chi connectivity index (χ1n) is 9.25. The minimum atomic E-state index is -0.374. The summed E-state index contributed by atoms with van der Waals surface area (Å²) in [7, 11) is 1.54. The van der Waals surface area contributed by atoms with E-state index in [-0.39, 0.29) is 12.5 Å². The molecule has 1 heterocycles. The lowest BCUT2D eigenvalue weighted by Crippen LogP contribution is -2.18. The van der Waals surface area contributed by atoms with Crippen molar-refractivity contribution in [3.05, 3.63) is 68.1 Å². The highest BCUT2D eigenvalue weighted by atomic mass is 35.5. The molecule has 0 aliphatic rings. The number of carbonyl (C=O) groups is 1. The predicted molar refractivity (Wildman–Crippen MR) is 125 cm³/mol. The topological polar surface area (TPSA) is 98.8 Å². The summed E-state index contributed by atoms with van der Waals surface area (Å²) in [6.07, 6.45) is 2.08. The predicted octanol–water partition coefficient (Wildman–Crippen LogP) is 4.95. The number of hydrogen-bond donors (Lipinski definition) is 2. The first-order chi connectivity index (χ1) is 14.9. The van der Waals surface area contributed by atoms with Crippen LogP contribution in [0.15, 0.2) is 41.5 Å². The second-order valence-electron chi connectivity index (χ2n) is 6.28. The maximum atomic E-state index is 12.4. The number of nitrogens with two attached hydrogens (primary N) is 1. The van der Waals surface area contributed by atoms with Gasteiger partial charge in [0.05, 0.1) is 19.0 Å². The Labute approximate surface area is 193 Å². The number of thiazole rings is 1. The molecule has 0 spiro atoms. The van der Waals surface area contributed by atoms with Crippen molar-refractivity contribution in [3.8, 4) is 11.5 Å². The zero-order valence-electron chi connectivity index (χ0n) is 16.8. The van der Waals surface area contributed by atoms with E-state index >= 15 is 0 Å². The summed E-state index contributed by atoms with van der Waals surface area (Å²) in [6, 6.07) is 10.5. The van der Waals surface area contributed by atoms with Gasteiger partial charge in [0.2, 0.25) is 0 Å². The third-order valence-electron chi connectivity index (χ3n) is 4.24. The number of methoxy groups -OCH3 is 1. The Bertz CT molecular complexity index is 1120. The number of ether oxygens (including phenoxy) is 2. The van der Waals surface area contributed by atoms with Crippen LogP contribution in [-0.4, -0.2) is 24.2 Å². The normalized spacial score (nSPS) is 11.0. The van der Waals surface area contributed by atoms with Gasteiger partial charge in [-0.2, -0.15) is 5.10 Å². The smallest absolute Gasteiger partial charge is 0.283 e. The molecule has 0 unspecified atom stereocenters. The zero-order valence-corrected chi connectivity index (χ0v) is 19.1. The molecular formula is C21H20Cl2N4O3S. The van der Waals surface area contributed by atoms with Crippen molar-refractivity contribution in [2.75, 3.05) is 12.8 Å². The number of aromatic nitrogens is 1. The molecule has 7 nitrogen and oxygen atoms in total. The Morgan fingerprint density at radius 1 is 1.32 bits per heavy atom. The van der Waals surface area contributed by atoms with Crippen LogP contribution < -0.4 is 20.6 Å². The van der Waals surface area contributed by atoms with Crippen molar-refractivity contribution < 1.29 is 14.3 Å². The largest absolute Gasteiger partial charge is 0.493 e. The highest BCUT2D eigenvalue weighted by molar-refractivity contribution is 7.17. The van der Waals surface area contributed by atoms with Gasteiger partial charge in [-0.1, -0.05) is 53.6 Å². The number of benzene rings is 2. The van der Waals surface area contributed by atoms with Crippen LogP contribution in [0.4, 0.5) is 5.13 Å². The number of hydrazone groups is 1. The minimum Gasteiger partial charge on any atom is -0.493 e. The first kappa shape index (κ1) is 22.9. The van der Waals surface area contributed by atoms with Crippen LogP contribution in [0.3, 0.4) is 0 Å². The molecule has 1 amide bonds. The standard InChI is InChI=1S/C21H20Cl2N4O3S/c1-3-16-19(31-21(24)26-16)20(28)27-25-10-12-5-4-6-17(29-2)18(12)30-11-13-7-8-14(22)9-15(13)23/h4-10H,3,11H2,1-2H3,(H2,24,26)(H,27,28). The van der Waals surface area contributed by atoms with Gasteiger partial charge in [-0.3, -0.25) is 4.79 Å². The lowest BCUT2D eigenvalue weighted by atomic mass is 10.2. The second kappa shape index (κ2) is 10.5. The molecule has 0 atom stereocenters. The number of carbonyl (C=O) groups excluding carboxylic acids is 1. The highest BCUT2D eigenvalue weighted by Crippen LogP contribution is 2.32. The molecule has 0 radical (unpaired) electrons. The van der Waals surface area contributed by atoms with Gasteiger partial charge in [0, 0.05) is 21.2 Å². The fourth-order valence-electron chi connectivity index (χ4n) is 2.74. The molecule has 31 heavy (non-hydrogen) atoms. The average Bonchev–Trinajstić information content (AvgIpc) is 3.14. The van der Waals surface area contributed by atoms with Crippen molar-refractivity contribution in [3.63, 3.8) is 0 Å². The molecule has 1 aromatic heterocycles. The van der Waals surface area contributed by atoms with E-state index in [9.17, 15) is 4.79 Å². The number of para-hydroxylation sites is 1. The second-order valence-corrected chi connectivity index (χ2v) is 8.16. The summed E-state index contributed by atoms with van der Waals surface area (Å²) in [4.78, 5) is 17.0. The minimum absolute atomic E-state index is 0.198. The summed E-state index contributed by atoms with van der Waals surface area (Å²) in [5.41, 5.74) is 10.2. The molecule has 0 fully saturated rings. The average molecular weight is 479 g/mol. The van der Waals surface area contributed by atoms with Gasteiger partial charge in [-0.15, -0.1) is 0 Å². The quantitative estimate of drug-likeness (QED) is 0.352. The monoisotopic (exact) mass is 478 g/mol. The van der Waals surface area contributed by atoms with E-state index in [1.54, 1.807) is 43.5 Å². The number of nitrogen functional groups attached to an aromatic ring is 1. The first-order valence-corrected chi connectivity index (χ1v) is 10.8. The zero-order chi connectivity index (χ0) is 22.4. The van der Waals surface area contributed by atoms with Crippen LogP contribution in [-0.2, 0) is 13.0 Å². The van der Waals surface area contributed by atoms with Crippen molar-refractivity contribution in [2.45, 2.75) is 20.0 Å². The summed E-state index contributed by atoms with van der Waals surface area (Å²) < 4.78 is 11.4. The van der Waals surface area contributed by atoms with Crippen molar-refractivity contribution in [2.24, 2.45) is 5.10 Å². The Balaban J connectivity index is 1.77. The van der Waals surface area contributed by atoms with Crippen molar-refractivity contribution in [1.82, 2.24) is 10.4 Å². The summed E-state index contributed by atoms with van der Waals surface area (Å²) in [5.74, 6) is 0.606. The Hall–Kier alpha value is -2.81. The van der Waals surface area contributed by atoms with E-state index in [4.69, 9.17) is 38.4 Å². The van der Waals surface area contributed by atoms with Gasteiger partial charge in [0.25, 0.3) is 5.91 Å². The van der Waals surface area contributed by atoms with E-state index in [2.05, 4.69) is 15.5 Å². The number of nitrogens with zero attached hydrogens (tertiary/aromatic N) is 2. The maximum absolute atomic E-state index is 12.4.